The van der Waals surface area contributed by atoms with Gasteiger partial charge in [-0.1, -0.05) is 13.8 Å². The molecule has 0 radical (unpaired) electrons. The highest BCUT2D eigenvalue weighted by atomic mass is 32.1. The van der Waals surface area contributed by atoms with Crippen molar-refractivity contribution in [1.82, 2.24) is 4.98 Å². The van der Waals surface area contributed by atoms with Crippen molar-refractivity contribution in [1.29, 1.82) is 0 Å². The van der Waals surface area contributed by atoms with Crippen LogP contribution in [0.4, 0.5) is 0 Å². The summed E-state index contributed by atoms with van der Waals surface area (Å²) >= 11 is 1.74. The summed E-state index contributed by atoms with van der Waals surface area (Å²) in [4.78, 5) is 4.69. The Hall–Kier alpha value is -0.450. The van der Waals surface area contributed by atoms with Crippen LogP contribution in [0.2, 0.25) is 0 Å². The second-order valence-electron chi connectivity index (χ2n) is 5.85. The van der Waals surface area contributed by atoms with Crippen molar-refractivity contribution >= 4 is 11.3 Å². The van der Waals surface area contributed by atoms with E-state index >= 15 is 0 Å². The van der Waals surface area contributed by atoms with E-state index in [1.54, 1.807) is 25.6 Å². The van der Waals surface area contributed by atoms with Crippen LogP contribution in [-0.2, 0) is 9.47 Å². The second-order valence-corrected chi connectivity index (χ2v) is 6.74. The monoisotopic (exact) mass is 269 g/mol. The Morgan fingerprint density at radius 2 is 1.89 bits per heavy atom. The van der Waals surface area contributed by atoms with E-state index in [0.29, 0.717) is 11.3 Å². The molecule has 102 valence electrons. The first kappa shape index (κ1) is 14.0. The predicted molar refractivity (Wildman–Crippen MR) is 73.9 cm³/mol. The zero-order valence-corrected chi connectivity index (χ0v) is 12.5. The molecule has 0 saturated heterocycles. The van der Waals surface area contributed by atoms with E-state index in [1.165, 1.54) is 30.7 Å². The van der Waals surface area contributed by atoms with Crippen LogP contribution in [-0.4, -0.2) is 19.2 Å². The normalized spacial score (nSPS) is 20.5. The van der Waals surface area contributed by atoms with Gasteiger partial charge in [0, 0.05) is 25.5 Å². The van der Waals surface area contributed by atoms with Crippen LogP contribution in [0.1, 0.15) is 62.4 Å². The molecule has 0 bridgehead atoms. The number of nitrogens with zero attached hydrogens (tertiary/aromatic N) is 1. The topological polar surface area (TPSA) is 31.4 Å². The summed E-state index contributed by atoms with van der Waals surface area (Å²) in [7, 11) is 3.30. The van der Waals surface area contributed by atoms with E-state index in [9.17, 15) is 0 Å². The van der Waals surface area contributed by atoms with E-state index in [2.05, 4.69) is 19.2 Å². The van der Waals surface area contributed by atoms with Gasteiger partial charge in [0.15, 0.2) is 0 Å². The van der Waals surface area contributed by atoms with E-state index in [-0.39, 0.29) is 6.29 Å². The summed E-state index contributed by atoms with van der Waals surface area (Å²) in [6.07, 6.45) is 4.78. The van der Waals surface area contributed by atoms with Crippen molar-refractivity contribution < 1.29 is 9.47 Å². The molecule has 18 heavy (non-hydrogen) atoms. The third-order valence-corrected chi connectivity index (χ3v) is 4.92. The van der Waals surface area contributed by atoms with Gasteiger partial charge in [-0.2, -0.15) is 0 Å². The summed E-state index contributed by atoms with van der Waals surface area (Å²) in [5.41, 5.74) is 1.42. The Morgan fingerprint density at radius 1 is 1.28 bits per heavy atom. The third kappa shape index (κ3) is 3.11. The zero-order chi connectivity index (χ0) is 13.2. The maximum Gasteiger partial charge on any atom is 0.201 e. The van der Waals surface area contributed by atoms with Crippen molar-refractivity contribution in [2.45, 2.75) is 51.7 Å². The van der Waals surface area contributed by atoms with Gasteiger partial charge < -0.3 is 9.47 Å². The number of hydrogen-bond acceptors (Lipinski definition) is 4. The van der Waals surface area contributed by atoms with Gasteiger partial charge in [-0.05, 0) is 31.1 Å². The molecule has 1 fully saturated rings. The molecule has 0 aliphatic heterocycles. The van der Waals surface area contributed by atoms with E-state index in [0.717, 1.165) is 5.69 Å². The quantitative estimate of drug-likeness (QED) is 0.771. The average Bonchev–Trinajstić information content (AvgIpc) is 2.80. The summed E-state index contributed by atoms with van der Waals surface area (Å²) in [6, 6.07) is 0. The van der Waals surface area contributed by atoms with Gasteiger partial charge in [0.2, 0.25) is 6.29 Å². The second kappa shape index (κ2) is 5.68. The molecule has 1 aromatic rings. The highest BCUT2D eigenvalue weighted by molar-refractivity contribution is 7.09. The minimum atomic E-state index is -0.324. The van der Waals surface area contributed by atoms with Crippen LogP contribution in [0.15, 0.2) is 5.38 Å². The lowest BCUT2D eigenvalue weighted by Crippen LogP contribution is -2.20. The van der Waals surface area contributed by atoms with Crippen molar-refractivity contribution in [3.8, 4) is 0 Å². The van der Waals surface area contributed by atoms with Gasteiger partial charge in [0.05, 0.1) is 5.01 Å². The SMILES string of the molecule is COC(OC)c1csc(C2CCC(C)(C)CC2)n1. The van der Waals surface area contributed by atoms with Crippen LogP contribution >= 0.6 is 11.3 Å². The molecule has 0 unspecified atom stereocenters. The van der Waals surface area contributed by atoms with Crippen molar-refractivity contribution in [2.24, 2.45) is 5.41 Å². The number of aromatic nitrogens is 1. The number of hydrogen-bond donors (Lipinski definition) is 0. The molecule has 0 amide bonds. The van der Waals surface area contributed by atoms with Gasteiger partial charge in [-0.15, -0.1) is 11.3 Å². The van der Waals surface area contributed by atoms with E-state index in [4.69, 9.17) is 14.5 Å². The molecular weight excluding hydrogens is 246 g/mol. The maximum absolute atomic E-state index is 5.24. The standard InChI is InChI=1S/C14H23NO2S/c1-14(2)7-5-10(6-8-14)12-15-11(9-18-12)13(16-3)17-4/h9-10,13H,5-8H2,1-4H3. The summed E-state index contributed by atoms with van der Waals surface area (Å²) in [5.74, 6) is 0.631. The summed E-state index contributed by atoms with van der Waals surface area (Å²) in [6.45, 7) is 4.73. The fourth-order valence-corrected chi connectivity index (χ4v) is 3.57. The number of methoxy groups -OCH3 is 2. The lowest BCUT2D eigenvalue weighted by Gasteiger charge is -2.33. The first-order chi connectivity index (χ1) is 8.55. The molecule has 4 heteroatoms. The van der Waals surface area contributed by atoms with E-state index < -0.39 is 0 Å². The molecule has 1 aromatic heterocycles. The minimum absolute atomic E-state index is 0.324. The van der Waals surface area contributed by atoms with Crippen LogP contribution in [0.3, 0.4) is 0 Å². The Kier molecular flexibility index (Phi) is 4.41. The molecule has 0 aromatic carbocycles. The molecule has 1 saturated carbocycles. The third-order valence-electron chi connectivity index (χ3n) is 3.90. The fraction of sp³-hybridized carbons (Fsp3) is 0.786. The van der Waals surface area contributed by atoms with Crippen LogP contribution in [0, 0.1) is 5.41 Å². The Balaban J connectivity index is 2.02. The molecule has 1 heterocycles. The van der Waals surface area contributed by atoms with Crippen LogP contribution < -0.4 is 0 Å². The molecule has 0 spiro atoms. The highest BCUT2D eigenvalue weighted by Gasteiger charge is 2.29. The van der Waals surface area contributed by atoms with Gasteiger partial charge in [0.25, 0.3) is 0 Å². The zero-order valence-electron chi connectivity index (χ0n) is 11.7. The molecule has 2 rings (SSSR count). The van der Waals surface area contributed by atoms with E-state index in [1.807, 2.05) is 0 Å². The number of thiazole rings is 1. The predicted octanol–water partition coefficient (Wildman–Crippen LogP) is 4.12. The Labute approximate surface area is 114 Å². The molecule has 1 aliphatic carbocycles. The summed E-state index contributed by atoms with van der Waals surface area (Å²) in [5, 5.41) is 3.31. The van der Waals surface area contributed by atoms with Crippen LogP contribution in [0.5, 0.6) is 0 Å². The number of ether oxygens (including phenoxy) is 2. The first-order valence-electron chi connectivity index (χ1n) is 6.56. The van der Waals surface area contributed by atoms with Gasteiger partial charge in [-0.3, -0.25) is 0 Å². The molecule has 1 aliphatic rings. The van der Waals surface area contributed by atoms with Crippen molar-refractivity contribution in [2.75, 3.05) is 14.2 Å². The Bertz CT molecular complexity index is 375. The minimum Gasteiger partial charge on any atom is -0.350 e. The van der Waals surface area contributed by atoms with Gasteiger partial charge in [-0.25, -0.2) is 4.98 Å². The van der Waals surface area contributed by atoms with Gasteiger partial charge in [0.1, 0.15) is 5.69 Å². The molecule has 0 N–H and O–H groups in total. The fourth-order valence-electron chi connectivity index (χ4n) is 2.58. The largest absolute Gasteiger partial charge is 0.350 e. The Morgan fingerprint density at radius 3 is 2.44 bits per heavy atom. The summed E-state index contributed by atoms with van der Waals surface area (Å²) < 4.78 is 10.5. The van der Waals surface area contributed by atoms with Gasteiger partial charge >= 0.3 is 0 Å². The maximum atomic E-state index is 5.24. The van der Waals surface area contributed by atoms with Crippen molar-refractivity contribution in [3.63, 3.8) is 0 Å². The number of rotatable bonds is 4. The molecular formula is C14H23NO2S. The first-order valence-corrected chi connectivity index (χ1v) is 7.44. The van der Waals surface area contributed by atoms with Crippen molar-refractivity contribution in [3.05, 3.63) is 16.1 Å². The average molecular weight is 269 g/mol. The molecule has 3 nitrogen and oxygen atoms in total. The lowest BCUT2D eigenvalue weighted by molar-refractivity contribution is -0.108. The molecule has 0 atom stereocenters. The van der Waals surface area contributed by atoms with Crippen LogP contribution in [0.25, 0.3) is 0 Å². The highest BCUT2D eigenvalue weighted by Crippen LogP contribution is 2.43. The smallest absolute Gasteiger partial charge is 0.201 e. The lowest BCUT2D eigenvalue weighted by atomic mass is 9.73.